The summed E-state index contributed by atoms with van der Waals surface area (Å²) in [5.41, 5.74) is 0. The normalized spacial score (nSPS) is 9.31. The zero-order valence-electron chi connectivity index (χ0n) is 11.8. The fourth-order valence-electron chi connectivity index (χ4n) is 1.35. The van der Waals surface area contributed by atoms with Crippen LogP contribution in [0.25, 0.3) is 0 Å². The quantitative estimate of drug-likeness (QED) is 0.653. The van der Waals surface area contributed by atoms with Crippen molar-refractivity contribution in [2.45, 2.75) is 53.9 Å². The molecule has 0 aliphatic carbocycles. The van der Waals surface area contributed by atoms with Gasteiger partial charge < -0.3 is 10.2 Å². The lowest BCUT2D eigenvalue weighted by Crippen LogP contribution is -2.32. The van der Waals surface area contributed by atoms with E-state index < -0.39 is 0 Å². The smallest absolute Gasteiger partial charge is 0.219 e. The number of nitrogens with zero attached hydrogens (tertiary/aromatic N) is 1. The molecule has 0 aromatic rings. The van der Waals surface area contributed by atoms with E-state index in [9.17, 15) is 4.79 Å². The van der Waals surface area contributed by atoms with Gasteiger partial charge in [-0.2, -0.15) is 0 Å². The zero-order valence-corrected chi connectivity index (χ0v) is 11.8. The fourth-order valence-corrected chi connectivity index (χ4v) is 1.35. The van der Waals surface area contributed by atoms with E-state index in [0.717, 1.165) is 45.4 Å². The van der Waals surface area contributed by atoms with Crippen LogP contribution in [-0.2, 0) is 4.79 Å². The molecule has 0 aromatic carbocycles. The Balaban J connectivity index is -0.000000616. The molecule has 3 nitrogen and oxygen atoms in total. The van der Waals surface area contributed by atoms with E-state index >= 15 is 0 Å². The molecule has 0 aliphatic rings. The Hall–Kier alpha value is -0.570. The zero-order chi connectivity index (χ0) is 12.8. The molecule has 100 valence electrons. The highest BCUT2D eigenvalue weighted by molar-refractivity contribution is 5.73. The minimum atomic E-state index is 0. The molecule has 0 unspecified atom stereocenters. The largest absolute Gasteiger partial charge is 0.343 e. The van der Waals surface area contributed by atoms with E-state index in [1.807, 2.05) is 18.7 Å². The third-order valence-corrected chi connectivity index (χ3v) is 2.26. The highest BCUT2D eigenvalue weighted by Crippen LogP contribution is 1.97. The van der Waals surface area contributed by atoms with E-state index in [0.29, 0.717) is 0 Å². The van der Waals surface area contributed by atoms with Crippen LogP contribution >= 0.6 is 0 Å². The summed E-state index contributed by atoms with van der Waals surface area (Å²) in [6.07, 6.45) is 3.31. The average Bonchev–Trinajstić information content (AvgIpc) is 2.30. The van der Waals surface area contributed by atoms with Gasteiger partial charge >= 0.3 is 0 Å². The lowest BCUT2D eigenvalue weighted by Gasteiger charge is -2.20. The number of carbonyl (C=O) groups is 1. The first-order valence-corrected chi connectivity index (χ1v) is 6.68. The summed E-state index contributed by atoms with van der Waals surface area (Å²) in [4.78, 5) is 13.2. The molecule has 0 saturated heterocycles. The molecule has 0 aliphatic heterocycles. The summed E-state index contributed by atoms with van der Waals surface area (Å²) >= 11 is 0. The third-order valence-electron chi connectivity index (χ3n) is 2.26. The first kappa shape index (κ1) is 17.8. The van der Waals surface area contributed by atoms with Crippen LogP contribution in [0.5, 0.6) is 0 Å². The molecule has 0 heterocycles. The highest BCUT2D eigenvalue weighted by atomic mass is 16.2. The van der Waals surface area contributed by atoms with Crippen LogP contribution in [0.2, 0.25) is 0 Å². The lowest BCUT2D eigenvalue weighted by atomic mass is 10.3. The van der Waals surface area contributed by atoms with Gasteiger partial charge in [0, 0.05) is 21.4 Å². The van der Waals surface area contributed by atoms with Crippen molar-refractivity contribution >= 4 is 5.91 Å². The van der Waals surface area contributed by atoms with Crippen LogP contribution in [0.15, 0.2) is 0 Å². The van der Waals surface area contributed by atoms with E-state index in [1.165, 1.54) is 0 Å². The molecule has 0 spiro atoms. The molecule has 3 heteroatoms. The van der Waals surface area contributed by atoms with Crippen molar-refractivity contribution in [2.24, 2.45) is 0 Å². The third kappa shape index (κ3) is 11.5. The molecule has 16 heavy (non-hydrogen) atoms. The van der Waals surface area contributed by atoms with Crippen LogP contribution in [0.1, 0.15) is 55.3 Å². The standard InChI is InChI=1S/C11H24N2O.C2H6.H2/c1-4-6-9-13(11(3)14)10-7-8-12-5-2;1-2;/h12H,4-10H2,1-3H3;1-2H3;1H. The highest BCUT2D eigenvalue weighted by Gasteiger charge is 2.06. The van der Waals surface area contributed by atoms with Crippen LogP contribution < -0.4 is 5.32 Å². The number of hydrogen-bond acceptors (Lipinski definition) is 2. The van der Waals surface area contributed by atoms with Gasteiger partial charge in [-0.1, -0.05) is 34.1 Å². The summed E-state index contributed by atoms with van der Waals surface area (Å²) in [6.45, 7) is 13.7. The SMILES string of the molecule is CC.CCCCN(CCCNCC)C(C)=O.[HH]. The Labute approximate surface area is 103 Å². The second kappa shape index (κ2) is 14.4. The Bertz CT molecular complexity index is 154. The summed E-state index contributed by atoms with van der Waals surface area (Å²) in [5, 5.41) is 3.26. The van der Waals surface area contributed by atoms with Gasteiger partial charge in [0.2, 0.25) is 5.91 Å². The molecule has 0 rings (SSSR count). The number of hydrogen-bond donors (Lipinski definition) is 1. The molecule has 1 amide bonds. The van der Waals surface area contributed by atoms with Gasteiger partial charge in [-0.25, -0.2) is 0 Å². The maximum Gasteiger partial charge on any atom is 0.219 e. The van der Waals surface area contributed by atoms with Gasteiger partial charge in [0.25, 0.3) is 0 Å². The van der Waals surface area contributed by atoms with E-state index in [4.69, 9.17) is 0 Å². The van der Waals surface area contributed by atoms with E-state index in [2.05, 4.69) is 19.2 Å². The number of unbranched alkanes of at least 4 members (excludes halogenated alkanes) is 1. The lowest BCUT2D eigenvalue weighted by molar-refractivity contribution is -0.128. The van der Waals surface area contributed by atoms with Crippen LogP contribution in [0, 0.1) is 0 Å². The molecule has 0 bridgehead atoms. The number of nitrogens with one attached hydrogen (secondary N) is 1. The van der Waals surface area contributed by atoms with E-state index in [1.54, 1.807) is 6.92 Å². The Kier molecular flexibility index (Phi) is 16.1. The monoisotopic (exact) mass is 232 g/mol. The summed E-state index contributed by atoms with van der Waals surface area (Å²) in [6, 6.07) is 0. The van der Waals surface area contributed by atoms with Gasteiger partial charge in [-0.15, -0.1) is 0 Å². The second-order valence-corrected chi connectivity index (χ2v) is 3.57. The maximum atomic E-state index is 11.2. The van der Waals surface area contributed by atoms with Crippen molar-refractivity contribution in [1.29, 1.82) is 0 Å². The van der Waals surface area contributed by atoms with Gasteiger partial charge in [-0.3, -0.25) is 4.79 Å². The predicted molar refractivity (Wildman–Crippen MR) is 73.8 cm³/mol. The second-order valence-electron chi connectivity index (χ2n) is 3.57. The number of rotatable bonds is 8. The minimum Gasteiger partial charge on any atom is -0.343 e. The van der Waals surface area contributed by atoms with Crippen molar-refractivity contribution in [2.75, 3.05) is 26.2 Å². The molecule has 1 N–H and O–H groups in total. The van der Waals surface area contributed by atoms with Crippen LogP contribution in [-0.4, -0.2) is 37.0 Å². The number of amides is 1. The predicted octanol–water partition coefficient (Wildman–Crippen LogP) is 2.91. The summed E-state index contributed by atoms with van der Waals surface area (Å²) in [7, 11) is 0. The summed E-state index contributed by atoms with van der Waals surface area (Å²) in [5.74, 6) is 0.204. The molecule has 0 radical (unpaired) electrons. The molecule has 0 saturated carbocycles. The molecule has 0 aromatic heterocycles. The topological polar surface area (TPSA) is 32.3 Å². The molecular formula is C13H32N2O. The van der Waals surface area contributed by atoms with Crippen molar-refractivity contribution < 1.29 is 6.22 Å². The minimum absolute atomic E-state index is 0. The van der Waals surface area contributed by atoms with Crippen molar-refractivity contribution in [1.82, 2.24) is 10.2 Å². The van der Waals surface area contributed by atoms with Gasteiger partial charge in [0.05, 0.1) is 0 Å². The van der Waals surface area contributed by atoms with Gasteiger partial charge in [0.15, 0.2) is 0 Å². The number of carbonyl (C=O) groups excluding carboxylic acids is 1. The fraction of sp³-hybridized carbons (Fsp3) is 0.923. The van der Waals surface area contributed by atoms with Crippen molar-refractivity contribution in [3.8, 4) is 0 Å². The van der Waals surface area contributed by atoms with Crippen LogP contribution in [0.3, 0.4) is 0 Å². The Morgan fingerprint density at radius 2 is 1.75 bits per heavy atom. The molecular weight excluding hydrogens is 200 g/mol. The average molecular weight is 232 g/mol. The first-order valence-electron chi connectivity index (χ1n) is 6.68. The van der Waals surface area contributed by atoms with Gasteiger partial charge in [-0.05, 0) is 25.9 Å². The maximum absolute atomic E-state index is 11.2. The molecule has 0 atom stereocenters. The Morgan fingerprint density at radius 3 is 2.19 bits per heavy atom. The Morgan fingerprint density at radius 1 is 1.19 bits per heavy atom. The van der Waals surface area contributed by atoms with Crippen molar-refractivity contribution in [3.05, 3.63) is 0 Å². The van der Waals surface area contributed by atoms with Crippen molar-refractivity contribution in [3.63, 3.8) is 0 Å². The summed E-state index contributed by atoms with van der Waals surface area (Å²) < 4.78 is 0. The van der Waals surface area contributed by atoms with Crippen LogP contribution in [0.4, 0.5) is 0 Å². The van der Waals surface area contributed by atoms with Gasteiger partial charge in [0.1, 0.15) is 0 Å². The van der Waals surface area contributed by atoms with E-state index in [-0.39, 0.29) is 7.33 Å². The first-order chi connectivity index (χ1) is 7.72. The molecule has 0 fully saturated rings.